The van der Waals surface area contributed by atoms with Crippen LogP contribution in [0.5, 0.6) is 17.2 Å². The minimum atomic E-state index is -1.34. The average Bonchev–Trinajstić information content (AvgIpc) is 3.31. The van der Waals surface area contributed by atoms with Gasteiger partial charge in [0, 0.05) is 18.1 Å². The third-order valence-electron chi connectivity index (χ3n) is 5.45. The summed E-state index contributed by atoms with van der Waals surface area (Å²) in [6.45, 7) is 5.70. The number of carbonyl (C=O) groups is 2. The summed E-state index contributed by atoms with van der Waals surface area (Å²) in [5, 5.41) is 15.4. The third-order valence-corrected chi connectivity index (χ3v) is 6.00. The highest BCUT2D eigenvalue weighted by Gasteiger charge is 2.33. The molecular weight excluding hydrogens is 539 g/mol. The molecule has 0 aliphatic carbocycles. The standard InChI is InChI=1S/C26H32Cl2N2O8/c1-5-34-25(33)26(2,3)38-23-11-22(20(10-21(23)28)24(32)29-4)35-14-17(31)12-30-13-19(15-36-30)37-18-8-6-16(27)7-9-18/h6-11,17,19,31H,5,12-15H2,1-4H3,(H,29,32)/t17-,19+/m0/s1. The molecular formula is C26H32Cl2N2O8. The van der Waals surface area contributed by atoms with Crippen LogP contribution in [0.4, 0.5) is 0 Å². The van der Waals surface area contributed by atoms with Crippen molar-refractivity contribution in [3.63, 3.8) is 0 Å². The lowest BCUT2D eigenvalue weighted by atomic mass is 10.1. The maximum absolute atomic E-state index is 12.4. The Morgan fingerprint density at radius 1 is 1.21 bits per heavy atom. The van der Waals surface area contributed by atoms with Crippen LogP contribution < -0.4 is 19.5 Å². The van der Waals surface area contributed by atoms with Crippen molar-refractivity contribution in [1.29, 1.82) is 0 Å². The molecule has 2 aromatic rings. The van der Waals surface area contributed by atoms with Crippen LogP contribution >= 0.6 is 23.2 Å². The number of β-amino-alcohol motifs (C(OH)–C–C–N with tert-alkyl or cyclic N) is 1. The summed E-state index contributed by atoms with van der Waals surface area (Å²) in [5.41, 5.74) is -1.21. The molecule has 2 N–H and O–H groups in total. The first-order valence-corrected chi connectivity index (χ1v) is 12.8. The van der Waals surface area contributed by atoms with E-state index in [-0.39, 0.29) is 47.9 Å². The predicted molar refractivity (Wildman–Crippen MR) is 141 cm³/mol. The second-order valence-corrected chi connectivity index (χ2v) is 9.84. The van der Waals surface area contributed by atoms with Crippen molar-refractivity contribution in [3.05, 3.63) is 52.0 Å². The zero-order valence-corrected chi connectivity index (χ0v) is 23.2. The molecule has 10 nitrogen and oxygen atoms in total. The van der Waals surface area contributed by atoms with Gasteiger partial charge in [-0.05, 0) is 51.1 Å². The number of carbonyl (C=O) groups excluding carboxylic acids is 2. The summed E-state index contributed by atoms with van der Waals surface area (Å²) < 4.78 is 22.5. The lowest BCUT2D eigenvalue weighted by molar-refractivity contribution is -0.158. The first kappa shape index (κ1) is 29.8. The smallest absolute Gasteiger partial charge is 0.349 e. The second-order valence-electron chi connectivity index (χ2n) is 8.99. The summed E-state index contributed by atoms with van der Waals surface area (Å²) in [6.07, 6.45) is -1.18. The van der Waals surface area contributed by atoms with E-state index in [4.69, 9.17) is 47.0 Å². The number of aliphatic hydroxyl groups excluding tert-OH is 1. The summed E-state index contributed by atoms with van der Waals surface area (Å²) in [4.78, 5) is 30.3. The Morgan fingerprint density at radius 2 is 1.92 bits per heavy atom. The molecule has 1 amide bonds. The lowest BCUT2D eigenvalue weighted by Crippen LogP contribution is -2.39. The third kappa shape index (κ3) is 8.12. The summed E-state index contributed by atoms with van der Waals surface area (Å²) in [7, 11) is 1.47. The van der Waals surface area contributed by atoms with E-state index in [9.17, 15) is 14.7 Å². The van der Waals surface area contributed by atoms with Gasteiger partial charge in [0.05, 0.1) is 30.3 Å². The number of benzene rings is 2. The quantitative estimate of drug-likeness (QED) is 0.370. The van der Waals surface area contributed by atoms with Crippen molar-refractivity contribution in [3.8, 4) is 17.2 Å². The van der Waals surface area contributed by atoms with Gasteiger partial charge in [0.15, 0.2) is 5.60 Å². The van der Waals surface area contributed by atoms with E-state index in [1.165, 1.54) is 33.0 Å². The molecule has 12 heteroatoms. The van der Waals surface area contributed by atoms with Gasteiger partial charge in [0.2, 0.25) is 0 Å². The molecule has 1 heterocycles. The highest BCUT2D eigenvalue weighted by atomic mass is 35.5. The molecule has 2 aromatic carbocycles. The van der Waals surface area contributed by atoms with Crippen LogP contribution in [0.3, 0.4) is 0 Å². The van der Waals surface area contributed by atoms with Gasteiger partial charge in [0.1, 0.15) is 42.7 Å². The van der Waals surface area contributed by atoms with Crippen LogP contribution in [0, 0.1) is 0 Å². The highest BCUT2D eigenvalue weighted by Crippen LogP contribution is 2.35. The van der Waals surface area contributed by atoms with Gasteiger partial charge >= 0.3 is 5.97 Å². The normalized spacial score (nSPS) is 16.6. The Labute approximate surface area is 231 Å². The molecule has 3 rings (SSSR count). The fourth-order valence-corrected chi connectivity index (χ4v) is 3.89. The number of nitrogens with one attached hydrogen (secondary N) is 1. The topological polar surface area (TPSA) is 116 Å². The molecule has 208 valence electrons. The molecule has 1 fully saturated rings. The molecule has 0 spiro atoms. The van der Waals surface area contributed by atoms with Crippen molar-refractivity contribution >= 4 is 35.1 Å². The van der Waals surface area contributed by atoms with Crippen LogP contribution in [0.1, 0.15) is 31.1 Å². The fourth-order valence-electron chi connectivity index (χ4n) is 3.56. The number of esters is 1. The van der Waals surface area contributed by atoms with Crippen molar-refractivity contribution in [1.82, 2.24) is 10.4 Å². The monoisotopic (exact) mass is 570 g/mol. The number of rotatable bonds is 12. The van der Waals surface area contributed by atoms with Crippen LogP contribution in [-0.2, 0) is 14.4 Å². The minimum Gasteiger partial charge on any atom is -0.490 e. The Bertz CT molecular complexity index is 1110. The Kier molecular flexibility index (Phi) is 10.5. The van der Waals surface area contributed by atoms with Crippen molar-refractivity contribution in [2.75, 3.05) is 40.0 Å². The number of amides is 1. The molecule has 0 radical (unpaired) electrons. The van der Waals surface area contributed by atoms with E-state index in [1.54, 1.807) is 36.3 Å². The van der Waals surface area contributed by atoms with Gasteiger partial charge < -0.3 is 29.4 Å². The van der Waals surface area contributed by atoms with Crippen molar-refractivity contribution in [2.45, 2.75) is 38.6 Å². The van der Waals surface area contributed by atoms with Gasteiger partial charge in [-0.15, -0.1) is 0 Å². The van der Waals surface area contributed by atoms with E-state index in [2.05, 4.69) is 5.32 Å². The number of hydrogen-bond donors (Lipinski definition) is 2. The van der Waals surface area contributed by atoms with Crippen molar-refractivity contribution in [2.24, 2.45) is 0 Å². The van der Waals surface area contributed by atoms with Gasteiger partial charge in [-0.1, -0.05) is 23.2 Å². The molecule has 1 saturated heterocycles. The largest absolute Gasteiger partial charge is 0.490 e. The minimum absolute atomic E-state index is 0.103. The summed E-state index contributed by atoms with van der Waals surface area (Å²) >= 11 is 12.2. The van der Waals surface area contributed by atoms with E-state index in [1.807, 2.05) is 0 Å². The average molecular weight is 571 g/mol. The number of halogens is 2. The molecule has 2 atom stereocenters. The van der Waals surface area contributed by atoms with Crippen LogP contribution in [-0.4, -0.2) is 79.8 Å². The first-order valence-electron chi connectivity index (χ1n) is 12.0. The van der Waals surface area contributed by atoms with E-state index in [0.29, 0.717) is 23.9 Å². The zero-order valence-electron chi connectivity index (χ0n) is 21.7. The van der Waals surface area contributed by atoms with Crippen LogP contribution in [0.25, 0.3) is 0 Å². The number of hydroxylamine groups is 2. The molecule has 0 saturated carbocycles. The highest BCUT2D eigenvalue weighted by molar-refractivity contribution is 6.32. The van der Waals surface area contributed by atoms with E-state index in [0.717, 1.165) is 0 Å². The molecule has 38 heavy (non-hydrogen) atoms. The maximum atomic E-state index is 12.4. The van der Waals surface area contributed by atoms with Gasteiger partial charge in [0.25, 0.3) is 5.91 Å². The fraction of sp³-hybridized carbons (Fsp3) is 0.462. The summed E-state index contributed by atoms with van der Waals surface area (Å²) in [5.74, 6) is -0.117. The number of nitrogens with zero attached hydrogens (tertiary/aromatic N) is 1. The van der Waals surface area contributed by atoms with Gasteiger partial charge in [-0.2, -0.15) is 5.06 Å². The molecule has 0 unspecified atom stereocenters. The number of hydrogen-bond acceptors (Lipinski definition) is 9. The Hall–Kier alpha value is -2.76. The van der Waals surface area contributed by atoms with Crippen molar-refractivity contribution < 1.29 is 38.5 Å². The maximum Gasteiger partial charge on any atom is 0.349 e. The molecule has 1 aliphatic rings. The molecule has 1 aliphatic heterocycles. The Morgan fingerprint density at radius 3 is 2.58 bits per heavy atom. The SMILES string of the molecule is CCOC(=O)C(C)(C)Oc1cc(OC[C@@H](O)CN2C[C@@H](Oc3ccc(Cl)cc3)CO2)c(C(=O)NC)cc1Cl. The second kappa shape index (κ2) is 13.3. The molecule has 0 bridgehead atoms. The lowest BCUT2D eigenvalue weighted by Gasteiger charge is -2.25. The van der Waals surface area contributed by atoms with E-state index >= 15 is 0 Å². The molecule has 0 aromatic heterocycles. The van der Waals surface area contributed by atoms with Crippen LogP contribution in [0.15, 0.2) is 36.4 Å². The number of ether oxygens (including phenoxy) is 4. The van der Waals surface area contributed by atoms with Gasteiger partial charge in [-0.3, -0.25) is 9.63 Å². The predicted octanol–water partition coefficient (Wildman–Crippen LogP) is 3.51. The van der Waals surface area contributed by atoms with E-state index < -0.39 is 23.6 Å². The van der Waals surface area contributed by atoms with Gasteiger partial charge in [-0.25, -0.2) is 4.79 Å². The zero-order chi connectivity index (χ0) is 27.9. The first-order chi connectivity index (χ1) is 18.0. The summed E-state index contributed by atoms with van der Waals surface area (Å²) in [6, 6.07) is 9.81. The number of aliphatic hydroxyl groups is 1. The Balaban J connectivity index is 1.62. The van der Waals surface area contributed by atoms with Crippen LogP contribution in [0.2, 0.25) is 10.0 Å².